The molecule has 4 nitrogen and oxygen atoms in total. The van der Waals surface area contributed by atoms with Crippen LogP contribution in [0.1, 0.15) is 59.9 Å². The van der Waals surface area contributed by atoms with Gasteiger partial charge in [-0.15, -0.1) is 0 Å². The lowest BCUT2D eigenvalue weighted by atomic mass is 10.1. The van der Waals surface area contributed by atoms with E-state index in [4.69, 9.17) is 9.47 Å². The Morgan fingerprint density at radius 1 is 0.786 bits per heavy atom. The first-order valence-corrected chi connectivity index (χ1v) is 19.5. The Bertz CT molecular complexity index is 1190. The Morgan fingerprint density at radius 3 is 1.76 bits per heavy atom. The first kappa shape index (κ1) is 32.7. The standard InChI is InChI=1S/C36H52NO3PSi/c1-26(2)42(27(3)4,28(5)6)25-35(38)34-13-11-23-37(34)24-29-12-9-10-14-36(29)41(32-19-15-30(39-7)16-20-32)33-21-17-31(40-8)18-22-33/h9-10,12,14-22,26-28,34-35,38H,11,13,23-25H2,1-8H3/t34-,35+/m0/s1. The molecule has 1 saturated heterocycles. The van der Waals surface area contributed by atoms with Gasteiger partial charge in [0.15, 0.2) is 0 Å². The zero-order valence-corrected chi connectivity index (χ0v) is 28.9. The second-order valence-corrected chi connectivity index (χ2v) is 21.2. The number of rotatable bonds is 13. The van der Waals surface area contributed by atoms with Crippen molar-refractivity contribution in [2.75, 3.05) is 20.8 Å². The van der Waals surface area contributed by atoms with E-state index in [1.54, 1.807) is 14.2 Å². The van der Waals surface area contributed by atoms with Gasteiger partial charge in [0.2, 0.25) is 0 Å². The van der Waals surface area contributed by atoms with Crippen molar-refractivity contribution in [2.45, 2.75) is 95.7 Å². The Labute approximate surface area is 257 Å². The summed E-state index contributed by atoms with van der Waals surface area (Å²) in [7, 11) is 0.932. The fraction of sp³-hybridized carbons (Fsp3) is 0.500. The monoisotopic (exact) mass is 605 g/mol. The summed E-state index contributed by atoms with van der Waals surface area (Å²) in [5.41, 5.74) is 3.32. The van der Waals surface area contributed by atoms with E-state index >= 15 is 0 Å². The van der Waals surface area contributed by atoms with Crippen LogP contribution >= 0.6 is 7.92 Å². The predicted molar refractivity (Wildman–Crippen MR) is 184 cm³/mol. The van der Waals surface area contributed by atoms with Gasteiger partial charge in [0.05, 0.1) is 28.4 Å². The van der Waals surface area contributed by atoms with E-state index < -0.39 is 16.0 Å². The second-order valence-electron chi connectivity index (χ2n) is 12.9. The van der Waals surface area contributed by atoms with Crippen LogP contribution in [0.5, 0.6) is 11.5 Å². The smallest absolute Gasteiger partial charge is 0.118 e. The van der Waals surface area contributed by atoms with E-state index in [2.05, 4.69) is 119 Å². The maximum Gasteiger partial charge on any atom is 0.118 e. The fourth-order valence-electron chi connectivity index (χ4n) is 7.66. The average molecular weight is 606 g/mol. The van der Waals surface area contributed by atoms with E-state index in [1.165, 1.54) is 21.5 Å². The van der Waals surface area contributed by atoms with Crippen LogP contribution in [0.4, 0.5) is 0 Å². The molecule has 1 fully saturated rings. The summed E-state index contributed by atoms with van der Waals surface area (Å²) in [5.74, 6) is 1.74. The number of likely N-dealkylation sites (tertiary alicyclic amines) is 1. The van der Waals surface area contributed by atoms with E-state index in [0.717, 1.165) is 43.5 Å². The summed E-state index contributed by atoms with van der Waals surface area (Å²) in [6.07, 6.45) is 1.95. The SMILES string of the molecule is COc1ccc(P(c2ccc(OC)cc2)c2ccccc2CN2CCC[C@H]2[C@H](O)C[Si](C(C)C)(C(C)C)C(C)C)cc1. The molecular formula is C36H52NO3PSi. The summed E-state index contributed by atoms with van der Waals surface area (Å²) in [5, 5.41) is 15.8. The lowest BCUT2D eigenvalue weighted by Gasteiger charge is -2.46. The third-order valence-electron chi connectivity index (χ3n) is 9.91. The van der Waals surface area contributed by atoms with Crippen molar-refractivity contribution in [3.05, 3.63) is 78.4 Å². The van der Waals surface area contributed by atoms with Gasteiger partial charge in [0, 0.05) is 12.6 Å². The summed E-state index contributed by atoms with van der Waals surface area (Å²) in [6.45, 7) is 16.3. The maximum atomic E-state index is 11.9. The molecule has 3 aromatic rings. The lowest BCUT2D eigenvalue weighted by molar-refractivity contribution is 0.0809. The van der Waals surface area contributed by atoms with E-state index in [1.807, 2.05) is 0 Å². The molecule has 1 heterocycles. The minimum atomic E-state index is -1.71. The lowest BCUT2D eigenvalue weighted by Crippen LogP contribution is -2.51. The first-order chi connectivity index (χ1) is 20.1. The van der Waals surface area contributed by atoms with Crippen LogP contribution in [0.15, 0.2) is 72.8 Å². The summed E-state index contributed by atoms with van der Waals surface area (Å²) in [6, 6.07) is 27.3. The molecule has 1 N–H and O–H groups in total. The number of benzene rings is 3. The van der Waals surface area contributed by atoms with Crippen molar-refractivity contribution in [2.24, 2.45) is 0 Å². The van der Waals surface area contributed by atoms with Crippen LogP contribution in [0.2, 0.25) is 22.7 Å². The minimum Gasteiger partial charge on any atom is -0.497 e. The molecule has 1 aliphatic rings. The molecule has 0 amide bonds. The van der Waals surface area contributed by atoms with Crippen LogP contribution in [0.25, 0.3) is 0 Å². The predicted octanol–water partition coefficient (Wildman–Crippen LogP) is 7.47. The Kier molecular flexibility index (Phi) is 11.3. The number of ether oxygens (including phenoxy) is 2. The number of hydrogen-bond acceptors (Lipinski definition) is 4. The number of methoxy groups -OCH3 is 2. The van der Waals surface area contributed by atoms with Crippen LogP contribution < -0.4 is 25.4 Å². The van der Waals surface area contributed by atoms with E-state index in [-0.39, 0.29) is 12.1 Å². The van der Waals surface area contributed by atoms with Crippen LogP contribution in [-0.4, -0.2) is 51.0 Å². The minimum absolute atomic E-state index is 0.217. The average Bonchev–Trinajstić information content (AvgIpc) is 3.45. The molecule has 1 aliphatic heterocycles. The highest BCUT2D eigenvalue weighted by Gasteiger charge is 2.46. The van der Waals surface area contributed by atoms with Gasteiger partial charge < -0.3 is 14.6 Å². The molecule has 0 spiro atoms. The molecule has 0 saturated carbocycles. The molecule has 4 rings (SSSR count). The fourth-order valence-corrected chi connectivity index (χ4v) is 16.5. The van der Waals surface area contributed by atoms with Gasteiger partial charge in [-0.2, -0.15) is 0 Å². The van der Waals surface area contributed by atoms with Gasteiger partial charge in [-0.3, -0.25) is 4.90 Å². The second kappa shape index (κ2) is 14.5. The van der Waals surface area contributed by atoms with E-state index in [0.29, 0.717) is 16.6 Å². The topological polar surface area (TPSA) is 41.9 Å². The van der Waals surface area contributed by atoms with Crippen LogP contribution in [-0.2, 0) is 6.54 Å². The van der Waals surface area contributed by atoms with Gasteiger partial charge in [-0.05, 0) is 79.1 Å². The Hall–Kier alpha value is -2.17. The van der Waals surface area contributed by atoms with Gasteiger partial charge in [-0.25, -0.2) is 0 Å². The van der Waals surface area contributed by atoms with Crippen molar-refractivity contribution < 1.29 is 14.6 Å². The Morgan fingerprint density at radius 2 is 1.29 bits per heavy atom. The van der Waals surface area contributed by atoms with E-state index in [9.17, 15) is 5.11 Å². The van der Waals surface area contributed by atoms with Crippen molar-refractivity contribution in [1.82, 2.24) is 4.90 Å². The van der Waals surface area contributed by atoms with Crippen LogP contribution in [0, 0.1) is 0 Å². The summed E-state index contributed by atoms with van der Waals surface area (Å²) in [4.78, 5) is 2.58. The quantitative estimate of drug-likeness (QED) is 0.162. The normalized spacial score (nSPS) is 17.0. The maximum absolute atomic E-state index is 11.9. The number of hydrogen-bond donors (Lipinski definition) is 1. The van der Waals surface area contributed by atoms with Gasteiger partial charge >= 0.3 is 0 Å². The summed E-state index contributed by atoms with van der Waals surface area (Å²) >= 11 is 0. The van der Waals surface area contributed by atoms with Gasteiger partial charge in [0.25, 0.3) is 0 Å². The van der Waals surface area contributed by atoms with Crippen molar-refractivity contribution in [1.29, 1.82) is 0 Å². The third kappa shape index (κ3) is 6.96. The summed E-state index contributed by atoms with van der Waals surface area (Å²) < 4.78 is 11.0. The van der Waals surface area contributed by atoms with Gasteiger partial charge in [-0.1, -0.05) is 107 Å². The molecule has 0 unspecified atom stereocenters. The highest BCUT2D eigenvalue weighted by atomic mass is 31.1. The molecule has 0 aromatic heterocycles. The zero-order chi connectivity index (χ0) is 30.4. The van der Waals surface area contributed by atoms with Crippen LogP contribution in [0.3, 0.4) is 0 Å². The third-order valence-corrected chi connectivity index (χ3v) is 20.0. The molecule has 0 radical (unpaired) electrons. The highest BCUT2D eigenvalue weighted by Crippen LogP contribution is 2.46. The molecular weight excluding hydrogens is 553 g/mol. The van der Waals surface area contributed by atoms with Crippen molar-refractivity contribution in [3.63, 3.8) is 0 Å². The number of aliphatic hydroxyl groups excluding tert-OH is 1. The molecule has 42 heavy (non-hydrogen) atoms. The molecule has 0 bridgehead atoms. The molecule has 228 valence electrons. The Balaban J connectivity index is 1.67. The highest BCUT2D eigenvalue weighted by molar-refractivity contribution is 7.79. The number of aliphatic hydroxyl groups is 1. The van der Waals surface area contributed by atoms with Gasteiger partial charge in [0.1, 0.15) is 11.5 Å². The molecule has 6 heteroatoms. The molecule has 2 atom stereocenters. The molecule has 3 aromatic carbocycles. The molecule has 0 aliphatic carbocycles. The van der Waals surface area contributed by atoms with Crippen molar-refractivity contribution in [3.8, 4) is 11.5 Å². The number of nitrogens with zero attached hydrogens (tertiary/aromatic N) is 1. The first-order valence-electron chi connectivity index (χ1n) is 15.7. The zero-order valence-electron chi connectivity index (χ0n) is 27.0. The van der Waals surface area contributed by atoms with Crippen molar-refractivity contribution >= 4 is 31.9 Å². The largest absolute Gasteiger partial charge is 0.497 e.